The average molecular weight is 257 g/mol. The predicted molar refractivity (Wildman–Crippen MR) is 70.2 cm³/mol. The fourth-order valence-electron chi connectivity index (χ4n) is 1.94. The van der Waals surface area contributed by atoms with Crippen molar-refractivity contribution < 1.29 is 4.42 Å². The number of H-pyrrole nitrogens is 2. The summed E-state index contributed by atoms with van der Waals surface area (Å²) >= 11 is 0. The molecule has 98 valence electrons. The van der Waals surface area contributed by atoms with Crippen molar-refractivity contribution in [2.75, 3.05) is 0 Å². The molecule has 0 radical (unpaired) electrons. The molecule has 0 aliphatic heterocycles. The highest BCUT2D eigenvalue weighted by Crippen LogP contribution is 2.23. The number of hydrogen-bond acceptors (Lipinski definition) is 4. The van der Waals surface area contributed by atoms with Crippen molar-refractivity contribution in [3.05, 3.63) is 47.6 Å². The van der Waals surface area contributed by atoms with Crippen LogP contribution in [0.1, 0.15) is 17.0 Å². The minimum atomic E-state index is 0.713. The molecule has 0 aliphatic rings. The largest absolute Gasteiger partial charge is 0.460 e. The first-order valence-corrected chi connectivity index (χ1v) is 6.11. The summed E-state index contributed by atoms with van der Waals surface area (Å²) in [5, 5.41) is 17.2. The van der Waals surface area contributed by atoms with Crippen molar-refractivity contribution in [1.82, 2.24) is 25.7 Å². The lowest BCUT2D eigenvalue weighted by atomic mass is 10.2. The van der Waals surface area contributed by atoms with E-state index in [1.54, 1.807) is 6.20 Å². The van der Waals surface area contributed by atoms with E-state index in [1.165, 1.54) is 0 Å². The minimum absolute atomic E-state index is 0.713. The van der Waals surface area contributed by atoms with Gasteiger partial charge in [-0.05, 0) is 25.1 Å². The van der Waals surface area contributed by atoms with E-state index in [1.807, 2.05) is 31.3 Å². The highest BCUT2D eigenvalue weighted by molar-refractivity contribution is 5.56. The molecule has 0 bridgehead atoms. The Morgan fingerprint density at radius 2 is 2.11 bits per heavy atom. The standard InChI is InChI=1S/C13H15N5O/c1-9-2-3-12(19-9)13-10(7-16-18-13)6-14-8-11-4-5-15-17-11/h2-5,7,14H,6,8H2,1H3,(H,15,17)(H,16,18). The first kappa shape index (κ1) is 11.7. The number of nitrogens with one attached hydrogen (secondary N) is 3. The monoisotopic (exact) mass is 257 g/mol. The fraction of sp³-hybridized carbons (Fsp3) is 0.231. The second-order valence-corrected chi connectivity index (χ2v) is 4.37. The zero-order valence-corrected chi connectivity index (χ0v) is 10.6. The van der Waals surface area contributed by atoms with E-state index in [0.29, 0.717) is 6.54 Å². The van der Waals surface area contributed by atoms with E-state index in [-0.39, 0.29) is 0 Å². The number of aryl methyl sites for hydroxylation is 1. The SMILES string of the molecule is Cc1ccc(-c2[nH]ncc2CNCc2ccn[nH]2)o1. The smallest absolute Gasteiger partial charge is 0.152 e. The van der Waals surface area contributed by atoms with Crippen molar-refractivity contribution >= 4 is 0 Å². The third-order valence-corrected chi connectivity index (χ3v) is 2.89. The number of nitrogens with zero attached hydrogens (tertiary/aromatic N) is 2. The molecule has 0 unspecified atom stereocenters. The van der Waals surface area contributed by atoms with Crippen LogP contribution in [0.3, 0.4) is 0 Å². The molecule has 3 aromatic rings. The normalized spacial score (nSPS) is 11.0. The Balaban J connectivity index is 1.67. The first-order valence-electron chi connectivity index (χ1n) is 6.11. The topological polar surface area (TPSA) is 82.5 Å². The van der Waals surface area contributed by atoms with E-state index in [2.05, 4.69) is 25.7 Å². The number of aromatic amines is 2. The molecule has 0 saturated heterocycles. The van der Waals surface area contributed by atoms with Crippen LogP contribution in [-0.2, 0) is 13.1 Å². The quantitative estimate of drug-likeness (QED) is 0.652. The van der Waals surface area contributed by atoms with Gasteiger partial charge in [0, 0.05) is 30.5 Å². The lowest BCUT2D eigenvalue weighted by Crippen LogP contribution is -2.13. The van der Waals surface area contributed by atoms with Gasteiger partial charge in [-0.3, -0.25) is 10.2 Å². The molecule has 19 heavy (non-hydrogen) atoms. The van der Waals surface area contributed by atoms with Gasteiger partial charge >= 0.3 is 0 Å². The molecule has 0 saturated carbocycles. The molecular formula is C13H15N5O. The van der Waals surface area contributed by atoms with Gasteiger partial charge in [0.15, 0.2) is 5.76 Å². The number of furan rings is 1. The van der Waals surface area contributed by atoms with E-state index in [9.17, 15) is 0 Å². The molecular weight excluding hydrogens is 242 g/mol. The lowest BCUT2D eigenvalue weighted by molar-refractivity contribution is 0.545. The second-order valence-electron chi connectivity index (χ2n) is 4.37. The lowest BCUT2D eigenvalue weighted by Gasteiger charge is -2.02. The van der Waals surface area contributed by atoms with Gasteiger partial charge < -0.3 is 9.73 Å². The zero-order valence-electron chi connectivity index (χ0n) is 10.6. The van der Waals surface area contributed by atoms with Crippen LogP contribution in [0.4, 0.5) is 0 Å². The Hall–Kier alpha value is -2.34. The Kier molecular flexibility index (Phi) is 3.16. The molecule has 0 atom stereocenters. The van der Waals surface area contributed by atoms with Crippen LogP contribution < -0.4 is 5.32 Å². The van der Waals surface area contributed by atoms with Crippen LogP contribution in [0.25, 0.3) is 11.5 Å². The van der Waals surface area contributed by atoms with E-state index < -0.39 is 0 Å². The van der Waals surface area contributed by atoms with Crippen molar-refractivity contribution in [2.24, 2.45) is 0 Å². The molecule has 3 aromatic heterocycles. The summed E-state index contributed by atoms with van der Waals surface area (Å²) in [6, 6.07) is 5.83. The highest BCUT2D eigenvalue weighted by atomic mass is 16.3. The molecule has 3 N–H and O–H groups in total. The predicted octanol–water partition coefficient (Wildman–Crippen LogP) is 1.99. The van der Waals surface area contributed by atoms with Gasteiger partial charge in [-0.2, -0.15) is 10.2 Å². The summed E-state index contributed by atoms with van der Waals surface area (Å²) in [6.07, 6.45) is 3.55. The van der Waals surface area contributed by atoms with Gasteiger partial charge in [0.05, 0.1) is 6.20 Å². The van der Waals surface area contributed by atoms with Gasteiger partial charge in [-0.25, -0.2) is 0 Å². The molecule has 0 fully saturated rings. The maximum Gasteiger partial charge on any atom is 0.152 e. The van der Waals surface area contributed by atoms with Crippen LogP contribution in [0, 0.1) is 6.92 Å². The van der Waals surface area contributed by atoms with E-state index >= 15 is 0 Å². The maximum atomic E-state index is 5.61. The second kappa shape index (κ2) is 5.11. The molecule has 6 heteroatoms. The van der Waals surface area contributed by atoms with Crippen molar-refractivity contribution in [2.45, 2.75) is 20.0 Å². The summed E-state index contributed by atoms with van der Waals surface area (Å²) in [7, 11) is 0. The highest BCUT2D eigenvalue weighted by Gasteiger charge is 2.10. The van der Waals surface area contributed by atoms with E-state index in [4.69, 9.17) is 4.42 Å². The third-order valence-electron chi connectivity index (χ3n) is 2.89. The van der Waals surface area contributed by atoms with Crippen LogP contribution in [0.15, 0.2) is 35.0 Å². The summed E-state index contributed by atoms with van der Waals surface area (Å²) in [4.78, 5) is 0. The summed E-state index contributed by atoms with van der Waals surface area (Å²) in [5.74, 6) is 1.70. The van der Waals surface area contributed by atoms with Gasteiger partial charge in [-0.15, -0.1) is 0 Å². The Bertz CT molecular complexity index is 638. The van der Waals surface area contributed by atoms with Gasteiger partial charge in [0.1, 0.15) is 11.5 Å². The first-order chi connectivity index (χ1) is 9.33. The molecule has 0 spiro atoms. The van der Waals surface area contributed by atoms with Crippen molar-refractivity contribution in [3.63, 3.8) is 0 Å². The molecule has 3 heterocycles. The Labute approximate surface area is 110 Å². The van der Waals surface area contributed by atoms with Gasteiger partial charge in [0.2, 0.25) is 0 Å². The number of aromatic nitrogens is 4. The Morgan fingerprint density at radius 3 is 2.84 bits per heavy atom. The summed E-state index contributed by atoms with van der Waals surface area (Å²) in [6.45, 7) is 3.38. The van der Waals surface area contributed by atoms with Crippen molar-refractivity contribution in [1.29, 1.82) is 0 Å². The van der Waals surface area contributed by atoms with Crippen LogP contribution >= 0.6 is 0 Å². The zero-order chi connectivity index (χ0) is 13.1. The van der Waals surface area contributed by atoms with Crippen molar-refractivity contribution in [3.8, 4) is 11.5 Å². The van der Waals surface area contributed by atoms with Gasteiger partial charge in [-0.1, -0.05) is 0 Å². The van der Waals surface area contributed by atoms with Crippen LogP contribution in [0.5, 0.6) is 0 Å². The molecule has 0 aliphatic carbocycles. The van der Waals surface area contributed by atoms with Crippen LogP contribution in [0.2, 0.25) is 0 Å². The summed E-state index contributed by atoms with van der Waals surface area (Å²) in [5.41, 5.74) is 3.05. The fourth-order valence-corrected chi connectivity index (χ4v) is 1.94. The van der Waals surface area contributed by atoms with Crippen LogP contribution in [-0.4, -0.2) is 20.4 Å². The minimum Gasteiger partial charge on any atom is -0.460 e. The average Bonchev–Trinajstić information content (AvgIpc) is 3.10. The molecule has 0 amide bonds. The number of hydrogen-bond donors (Lipinski definition) is 3. The summed E-state index contributed by atoms with van der Waals surface area (Å²) < 4.78 is 5.61. The molecule has 6 nitrogen and oxygen atoms in total. The Morgan fingerprint density at radius 1 is 1.16 bits per heavy atom. The molecule has 3 rings (SSSR count). The molecule has 0 aromatic carbocycles. The maximum absolute atomic E-state index is 5.61. The van der Waals surface area contributed by atoms with Gasteiger partial charge in [0.25, 0.3) is 0 Å². The van der Waals surface area contributed by atoms with E-state index in [0.717, 1.165) is 35.0 Å². The number of rotatable bonds is 5. The third kappa shape index (κ3) is 2.58.